The van der Waals surface area contributed by atoms with Crippen molar-refractivity contribution in [2.75, 3.05) is 13.7 Å². The molecule has 0 saturated heterocycles. The molecule has 1 atom stereocenters. The fourth-order valence-electron chi connectivity index (χ4n) is 3.70. The molecular weight excluding hydrogens is 550 g/mol. The zero-order valence-corrected chi connectivity index (χ0v) is 20.8. The number of hydrogen-bond donors (Lipinski definition) is 1. The van der Waals surface area contributed by atoms with Crippen LogP contribution in [0.4, 0.5) is 26.3 Å². The van der Waals surface area contributed by atoms with Gasteiger partial charge in [-0.3, -0.25) is 9.59 Å². The van der Waals surface area contributed by atoms with Crippen molar-refractivity contribution in [3.8, 4) is 28.6 Å². The first-order valence-electron chi connectivity index (χ1n) is 11.5. The van der Waals surface area contributed by atoms with Crippen LogP contribution in [0.2, 0.25) is 0 Å². The predicted molar refractivity (Wildman–Crippen MR) is 127 cm³/mol. The summed E-state index contributed by atoms with van der Waals surface area (Å²) in [4.78, 5) is 27.6. The van der Waals surface area contributed by atoms with Gasteiger partial charge in [0.25, 0.3) is 5.89 Å². The van der Waals surface area contributed by atoms with Crippen LogP contribution in [0.25, 0.3) is 33.7 Å². The highest BCUT2D eigenvalue weighted by Crippen LogP contribution is 2.40. The van der Waals surface area contributed by atoms with Crippen molar-refractivity contribution in [1.82, 2.24) is 20.0 Å². The monoisotopic (exact) mass is 570 g/mol. The van der Waals surface area contributed by atoms with Crippen LogP contribution in [-0.4, -0.2) is 52.5 Å². The van der Waals surface area contributed by atoms with E-state index in [2.05, 4.69) is 24.9 Å². The van der Waals surface area contributed by atoms with Crippen molar-refractivity contribution in [2.24, 2.45) is 0 Å². The molecule has 15 heteroatoms. The standard InChI is InChI=1S/C25H20F6N4O5/c1-13(24(26,27)28)39-19-7-6-14(10-17(19)25(29,30)31)23-33-22(34-40-23)16-4-3-5-18-15(16)8-9-35(18)12-20(36)32-11-21(37)38-2/h3-10,13H,11-12H2,1-2H3,(H,32,36)/t13-/m0/s1. The molecular formula is C25H20F6N4O5. The molecule has 212 valence electrons. The Kier molecular flexibility index (Phi) is 7.75. The summed E-state index contributed by atoms with van der Waals surface area (Å²) in [5.74, 6) is -2.35. The van der Waals surface area contributed by atoms with Gasteiger partial charge in [0.1, 0.15) is 18.8 Å². The van der Waals surface area contributed by atoms with Gasteiger partial charge in [-0.05, 0) is 37.3 Å². The second kappa shape index (κ2) is 10.9. The molecule has 0 radical (unpaired) electrons. The number of rotatable bonds is 8. The largest absolute Gasteiger partial charge is 0.481 e. The Morgan fingerprint density at radius 3 is 2.52 bits per heavy atom. The number of methoxy groups -OCH3 is 1. The predicted octanol–water partition coefficient (Wildman–Crippen LogP) is 5.00. The smallest absolute Gasteiger partial charge is 0.425 e. The fourth-order valence-corrected chi connectivity index (χ4v) is 3.70. The highest BCUT2D eigenvalue weighted by atomic mass is 19.4. The van der Waals surface area contributed by atoms with E-state index >= 15 is 0 Å². The Morgan fingerprint density at radius 2 is 1.85 bits per heavy atom. The van der Waals surface area contributed by atoms with Gasteiger partial charge in [-0.1, -0.05) is 17.3 Å². The molecule has 0 aliphatic rings. The summed E-state index contributed by atoms with van der Waals surface area (Å²) in [6.07, 6.45) is -10.8. The van der Waals surface area contributed by atoms with E-state index in [4.69, 9.17) is 4.52 Å². The number of halogens is 6. The van der Waals surface area contributed by atoms with Crippen LogP contribution in [0.3, 0.4) is 0 Å². The molecule has 1 N–H and O–H groups in total. The fraction of sp³-hybridized carbons (Fsp3) is 0.280. The Balaban J connectivity index is 1.61. The Labute approximate surface area is 221 Å². The number of carbonyl (C=O) groups excluding carboxylic acids is 2. The second-order valence-corrected chi connectivity index (χ2v) is 8.47. The molecule has 0 aliphatic carbocycles. The molecule has 0 saturated carbocycles. The number of ether oxygens (including phenoxy) is 2. The summed E-state index contributed by atoms with van der Waals surface area (Å²) >= 11 is 0. The molecule has 40 heavy (non-hydrogen) atoms. The molecule has 0 unspecified atom stereocenters. The number of fused-ring (bicyclic) bond motifs is 1. The summed E-state index contributed by atoms with van der Waals surface area (Å²) in [6.45, 7) is 0.181. The van der Waals surface area contributed by atoms with Crippen molar-refractivity contribution in [3.63, 3.8) is 0 Å². The van der Waals surface area contributed by atoms with Gasteiger partial charge in [-0.15, -0.1) is 0 Å². The van der Waals surface area contributed by atoms with Gasteiger partial charge in [0.2, 0.25) is 11.7 Å². The first-order chi connectivity index (χ1) is 18.8. The number of nitrogens with zero attached hydrogens (tertiary/aromatic N) is 3. The summed E-state index contributed by atoms with van der Waals surface area (Å²) in [5, 5.41) is 6.87. The SMILES string of the molecule is COC(=O)CNC(=O)Cn1ccc2c(-c3noc(-c4ccc(O[C@@H](C)C(F)(F)F)c(C(F)(F)F)c4)n3)cccc21. The number of esters is 1. The maximum absolute atomic E-state index is 13.7. The van der Waals surface area contributed by atoms with Gasteiger partial charge >= 0.3 is 18.3 Å². The number of carbonyl (C=O) groups is 2. The Bertz CT molecular complexity index is 1540. The minimum absolute atomic E-state index is 0.0214. The van der Waals surface area contributed by atoms with E-state index in [9.17, 15) is 35.9 Å². The van der Waals surface area contributed by atoms with E-state index in [1.165, 1.54) is 7.11 Å². The van der Waals surface area contributed by atoms with Crippen LogP contribution in [-0.2, 0) is 27.0 Å². The molecule has 0 bridgehead atoms. The zero-order valence-electron chi connectivity index (χ0n) is 20.8. The van der Waals surface area contributed by atoms with Crippen LogP contribution < -0.4 is 10.1 Å². The highest BCUT2D eigenvalue weighted by molar-refractivity contribution is 5.94. The van der Waals surface area contributed by atoms with Crippen molar-refractivity contribution in [3.05, 3.63) is 54.2 Å². The topological polar surface area (TPSA) is 108 Å². The average molecular weight is 570 g/mol. The molecule has 2 heterocycles. The second-order valence-electron chi connectivity index (χ2n) is 8.47. The van der Waals surface area contributed by atoms with Gasteiger partial charge < -0.3 is 23.9 Å². The van der Waals surface area contributed by atoms with E-state index in [0.717, 1.165) is 12.1 Å². The molecule has 4 rings (SSSR count). The summed E-state index contributed by atoms with van der Waals surface area (Å²) < 4.78 is 95.3. The molecule has 1 amide bonds. The molecule has 0 fully saturated rings. The van der Waals surface area contributed by atoms with Gasteiger partial charge in [-0.2, -0.15) is 31.3 Å². The third-order valence-electron chi connectivity index (χ3n) is 5.75. The van der Waals surface area contributed by atoms with E-state index in [0.29, 0.717) is 29.5 Å². The average Bonchev–Trinajstić information content (AvgIpc) is 3.54. The first kappa shape index (κ1) is 28.4. The number of amides is 1. The van der Waals surface area contributed by atoms with Gasteiger partial charge in [0, 0.05) is 28.2 Å². The molecule has 2 aromatic heterocycles. The quantitative estimate of drug-likeness (QED) is 0.235. The van der Waals surface area contributed by atoms with E-state index in [1.807, 2.05) is 0 Å². The van der Waals surface area contributed by atoms with Gasteiger partial charge in [-0.25, -0.2) is 0 Å². The lowest BCUT2D eigenvalue weighted by Crippen LogP contribution is -2.32. The summed E-state index contributed by atoms with van der Waals surface area (Å²) in [5.41, 5.74) is -0.594. The summed E-state index contributed by atoms with van der Waals surface area (Å²) in [7, 11) is 1.19. The van der Waals surface area contributed by atoms with Crippen LogP contribution in [0.1, 0.15) is 12.5 Å². The lowest BCUT2D eigenvalue weighted by atomic mass is 10.1. The lowest BCUT2D eigenvalue weighted by molar-refractivity contribution is -0.191. The third-order valence-corrected chi connectivity index (χ3v) is 5.75. The zero-order chi connectivity index (χ0) is 29.2. The number of benzene rings is 2. The molecule has 2 aromatic carbocycles. The first-order valence-corrected chi connectivity index (χ1v) is 11.5. The Morgan fingerprint density at radius 1 is 1.10 bits per heavy atom. The minimum Gasteiger partial charge on any atom is -0.481 e. The third kappa shape index (κ3) is 6.18. The van der Waals surface area contributed by atoms with E-state index in [-0.39, 0.29) is 30.4 Å². The van der Waals surface area contributed by atoms with Crippen LogP contribution in [0.5, 0.6) is 5.75 Å². The maximum atomic E-state index is 13.7. The van der Waals surface area contributed by atoms with Crippen molar-refractivity contribution < 1.29 is 49.9 Å². The number of aromatic nitrogens is 3. The van der Waals surface area contributed by atoms with Crippen molar-refractivity contribution in [1.29, 1.82) is 0 Å². The van der Waals surface area contributed by atoms with Crippen molar-refractivity contribution in [2.45, 2.75) is 31.9 Å². The van der Waals surface area contributed by atoms with Gasteiger partial charge in [0.05, 0.1) is 12.7 Å². The number of hydrogen-bond acceptors (Lipinski definition) is 7. The molecule has 4 aromatic rings. The summed E-state index contributed by atoms with van der Waals surface area (Å²) in [6, 6.07) is 9.07. The normalized spacial score (nSPS) is 12.8. The van der Waals surface area contributed by atoms with Crippen LogP contribution >= 0.6 is 0 Å². The van der Waals surface area contributed by atoms with E-state index in [1.54, 1.807) is 35.0 Å². The molecule has 0 aliphatic heterocycles. The van der Waals surface area contributed by atoms with Crippen LogP contribution in [0, 0.1) is 0 Å². The highest BCUT2D eigenvalue weighted by Gasteiger charge is 2.41. The van der Waals surface area contributed by atoms with Crippen LogP contribution in [0.15, 0.2) is 53.2 Å². The lowest BCUT2D eigenvalue weighted by Gasteiger charge is -2.20. The molecule has 9 nitrogen and oxygen atoms in total. The minimum atomic E-state index is -5.03. The van der Waals surface area contributed by atoms with Gasteiger partial charge in [0.15, 0.2) is 6.10 Å². The molecule has 0 spiro atoms. The number of nitrogens with one attached hydrogen (secondary N) is 1. The van der Waals surface area contributed by atoms with Crippen molar-refractivity contribution >= 4 is 22.8 Å². The maximum Gasteiger partial charge on any atom is 0.425 e. The number of alkyl halides is 6. The van der Waals surface area contributed by atoms with E-state index < -0.39 is 41.6 Å². The Hall–Kier alpha value is -4.56.